The van der Waals surface area contributed by atoms with Crippen LogP contribution in [0.2, 0.25) is 0 Å². The second kappa shape index (κ2) is 10.8. The minimum Gasteiger partial charge on any atom is -0.456 e. The zero-order valence-corrected chi connectivity index (χ0v) is 27.5. The molecular formula is C48H29NO2. The van der Waals surface area contributed by atoms with E-state index in [9.17, 15) is 0 Å². The van der Waals surface area contributed by atoms with Crippen molar-refractivity contribution in [3.63, 3.8) is 0 Å². The molecule has 11 rings (SSSR count). The smallest absolute Gasteiger partial charge is 0.143 e. The number of benzene rings is 9. The van der Waals surface area contributed by atoms with Crippen molar-refractivity contribution in [1.82, 2.24) is 0 Å². The van der Waals surface area contributed by atoms with E-state index in [1.807, 2.05) is 12.1 Å². The van der Waals surface area contributed by atoms with E-state index in [2.05, 4.69) is 169 Å². The first kappa shape index (κ1) is 28.0. The molecule has 0 aliphatic heterocycles. The molecule has 0 unspecified atom stereocenters. The summed E-state index contributed by atoms with van der Waals surface area (Å²) in [5.74, 6) is 0. The Bertz CT molecular complexity index is 3150. The molecule has 0 fully saturated rings. The minimum atomic E-state index is 0.866. The molecular weight excluding hydrogens is 623 g/mol. The standard InChI is InChI=1S/C48H29NO2/c1-3-11-36-30(9-1)19-20-33-23-27-35(29-41(33)36)49(42-15-8-18-45-47(42)40-28-24-31-10-2-4-12-38(31)48(40)51-45)34-25-21-32(22-26-34)37-14-7-17-44-46(37)39-13-5-6-16-43(39)50-44/h1-29H. The maximum absolute atomic E-state index is 6.67. The largest absolute Gasteiger partial charge is 0.456 e. The Kier molecular flexibility index (Phi) is 5.96. The summed E-state index contributed by atoms with van der Waals surface area (Å²) >= 11 is 0. The summed E-state index contributed by atoms with van der Waals surface area (Å²) in [6.07, 6.45) is 0. The van der Waals surface area contributed by atoms with Gasteiger partial charge >= 0.3 is 0 Å². The third kappa shape index (κ3) is 4.25. The summed E-state index contributed by atoms with van der Waals surface area (Å²) in [7, 11) is 0. The van der Waals surface area contributed by atoms with Gasteiger partial charge in [0.2, 0.25) is 0 Å². The van der Waals surface area contributed by atoms with Crippen LogP contribution in [-0.2, 0) is 0 Å². The predicted octanol–water partition coefficient (Wildman–Crippen LogP) is 14.1. The molecule has 9 aromatic carbocycles. The van der Waals surface area contributed by atoms with Gasteiger partial charge in [-0.2, -0.15) is 0 Å². The fourth-order valence-corrected chi connectivity index (χ4v) is 8.08. The highest BCUT2D eigenvalue weighted by Gasteiger charge is 2.21. The van der Waals surface area contributed by atoms with E-state index in [4.69, 9.17) is 8.83 Å². The molecule has 0 radical (unpaired) electrons. The lowest BCUT2D eigenvalue weighted by atomic mass is 9.98. The van der Waals surface area contributed by atoms with Crippen LogP contribution in [-0.4, -0.2) is 0 Å². The Morgan fingerprint density at radius 1 is 0.353 bits per heavy atom. The van der Waals surface area contributed by atoms with Crippen molar-refractivity contribution in [3.8, 4) is 11.1 Å². The van der Waals surface area contributed by atoms with Gasteiger partial charge in [0, 0.05) is 32.9 Å². The van der Waals surface area contributed by atoms with Crippen LogP contribution in [0.25, 0.3) is 87.3 Å². The lowest BCUT2D eigenvalue weighted by molar-refractivity contribution is 0.669. The van der Waals surface area contributed by atoms with Crippen LogP contribution in [0, 0.1) is 0 Å². The van der Waals surface area contributed by atoms with Crippen LogP contribution in [0.5, 0.6) is 0 Å². The van der Waals surface area contributed by atoms with E-state index in [0.717, 1.165) is 77.5 Å². The molecule has 0 aliphatic carbocycles. The SMILES string of the molecule is c1ccc2c(c1)ccc1ccc(N(c3ccc(-c4cccc5oc6ccccc6c45)cc3)c3cccc4oc5c6ccccc6ccc5c34)cc12. The number of furan rings is 2. The van der Waals surface area contributed by atoms with Crippen LogP contribution < -0.4 is 4.90 Å². The summed E-state index contributed by atoms with van der Waals surface area (Å²) < 4.78 is 12.9. The Labute approximate surface area is 293 Å². The molecule has 0 amide bonds. The number of para-hydroxylation sites is 1. The molecule has 3 nitrogen and oxygen atoms in total. The maximum Gasteiger partial charge on any atom is 0.143 e. The predicted molar refractivity (Wildman–Crippen MR) is 214 cm³/mol. The molecule has 0 saturated carbocycles. The Hall–Kier alpha value is -6.84. The van der Waals surface area contributed by atoms with Gasteiger partial charge in [-0.1, -0.05) is 121 Å². The molecule has 0 spiro atoms. The Morgan fingerprint density at radius 2 is 0.961 bits per heavy atom. The highest BCUT2D eigenvalue weighted by molar-refractivity contribution is 6.20. The first-order chi connectivity index (χ1) is 25.3. The molecule has 238 valence electrons. The van der Waals surface area contributed by atoms with Gasteiger partial charge in [-0.05, 0) is 92.7 Å². The molecule has 2 aromatic heterocycles. The molecule has 51 heavy (non-hydrogen) atoms. The second-order valence-corrected chi connectivity index (χ2v) is 13.3. The quantitative estimate of drug-likeness (QED) is 0.177. The summed E-state index contributed by atoms with van der Waals surface area (Å²) in [5, 5.41) is 11.7. The van der Waals surface area contributed by atoms with E-state index in [0.29, 0.717) is 0 Å². The van der Waals surface area contributed by atoms with Crippen molar-refractivity contribution in [2.75, 3.05) is 4.90 Å². The fourth-order valence-electron chi connectivity index (χ4n) is 8.08. The summed E-state index contributed by atoms with van der Waals surface area (Å²) in [6.45, 7) is 0. The molecule has 0 N–H and O–H groups in total. The fraction of sp³-hybridized carbons (Fsp3) is 0. The molecule has 0 bridgehead atoms. The summed E-state index contributed by atoms with van der Waals surface area (Å²) in [5.41, 5.74) is 9.08. The molecule has 11 aromatic rings. The number of hydrogen-bond donors (Lipinski definition) is 0. The van der Waals surface area contributed by atoms with Crippen molar-refractivity contribution >= 4 is 93.3 Å². The lowest BCUT2D eigenvalue weighted by Gasteiger charge is -2.27. The molecule has 0 saturated heterocycles. The lowest BCUT2D eigenvalue weighted by Crippen LogP contribution is -2.10. The first-order valence-electron chi connectivity index (χ1n) is 17.3. The highest BCUT2D eigenvalue weighted by atomic mass is 16.3. The zero-order valence-electron chi connectivity index (χ0n) is 27.5. The van der Waals surface area contributed by atoms with Crippen molar-refractivity contribution in [2.45, 2.75) is 0 Å². The van der Waals surface area contributed by atoms with Gasteiger partial charge in [0.25, 0.3) is 0 Å². The van der Waals surface area contributed by atoms with Crippen LogP contribution in [0.1, 0.15) is 0 Å². The van der Waals surface area contributed by atoms with Gasteiger partial charge in [0.05, 0.1) is 11.1 Å². The normalized spacial score (nSPS) is 11.9. The highest BCUT2D eigenvalue weighted by Crippen LogP contribution is 2.46. The Morgan fingerprint density at radius 3 is 1.80 bits per heavy atom. The van der Waals surface area contributed by atoms with Gasteiger partial charge in [-0.3, -0.25) is 0 Å². The average Bonchev–Trinajstić information content (AvgIpc) is 3.78. The van der Waals surface area contributed by atoms with Gasteiger partial charge < -0.3 is 13.7 Å². The topological polar surface area (TPSA) is 29.5 Å². The van der Waals surface area contributed by atoms with Gasteiger partial charge in [0.1, 0.15) is 22.3 Å². The molecule has 3 heteroatoms. The number of fused-ring (bicyclic) bond motifs is 11. The van der Waals surface area contributed by atoms with Gasteiger partial charge in [-0.25, -0.2) is 0 Å². The third-order valence-corrected chi connectivity index (χ3v) is 10.4. The van der Waals surface area contributed by atoms with Crippen molar-refractivity contribution < 1.29 is 8.83 Å². The summed E-state index contributed by atoms with van der Waals surface area (Å²) in [6, 6.07) is 62.6. The molecule has 2 heterocycles. The average molecular weight is 652 g/mol. The zero-order chi connectivity index (χ0) is 33.5. The van der Waals surface area contributed by atoms with Crippen molar-refractivity contribution in [1.29, 1.82) is 0 Å². The van der Waals surface area contributed by atoms with E-state index in [1.54, 1.807) is 0 Å². The monoisotopic (exact) mass is 651 g/mol. The third-order valence-electron chi connectivity index (χ3n) is 10.4. The van der Waals surface area contributed by atoms with Crippen LogP contribution in [0.15, 0.2) is 185 Å². The first-order valence-corrected chi connectivity index (χ1v) is 17.3. The number of anilines is 3. The number of nitrogens with zero attached hydrogens (tertiary/aromatic N) is 1. The number of rotatable bonds is 4. The van der Waals surface area contributed by atoms with Crippen LogP contribution >= 0.6 is 0 Å². The summed E-state index contributed by atoms with van der Waals surface area (Å²) in [4.78, 5) is 2.38. The van der Waals surface area contributed by atoms with E-state index in [-0.39, 0.29) is 0 Å². The maximum atomic E-state index is 6.67. The van der Waals surface area contributed by atoms with E-state index in [1.165, 1.54) is 26.9 Å². The van der Waals surface area contributed by atoms with Crippen molar-refractivity contribution in [3.05, 3.63) is 176 Å². The van der Waals surface area contributed by atoms with Gasteiger partial charge in [0.15, 0.2) is 0 Å². The van der Waals surface area contributed by atoms with E-state index >= 15 is 0 Å². The molecule has 0 atom stereocenters. The van der Waals surface area contributed by atoms with Gasteiger partial charge in [-0.15, -0.1) is 0 Å². The van der Waals surface area contributed by atoms with Crippen LogP contribution in [0.4, 0.5) is 17.1 Å². The van der Waals surface area contributed by atoms with Crippen LogP contribution in [0.3, 0.4) is 0 Å². The minimum absolute atomic E-state index is 0.866. The Balaban J connectivity index is 1.15. The number of hydrogen-bond acceptors (Lipinski definition) is 3. The second-order valence-electron chi connectivity index (χ2n) is 13.3. The van der Waals surface area contributed by atoms with E-state index < -0.39 is 0 Å². The van der Waals surface area contributed by atoms with Crippen molar-refractivity contribution in [2.24, 2.45) is 0 Å². The molecule has 0 aliphatic rings.